The van der Waals surface area contributed by atoms with Gasteiger partial charge in [-0.25, -0.2) is 4.68 Å². The predicted molar refractivity (Wildman–Crippen MR) is 139 cm³/mol. The van der Waals surface area contributed by atoms with Crippen molar-refractivity contribution < 1.29 is 13.9 Å². The van der Waals surface area contributed by atoms with Gasteiger partial charge in [0.2, 0.25) is 0 Å². The third-order valence-corrected chi connectivity index (χ3v) is 5.90. The van der Waals surface area contributed by atoms with Gasteiger partial charge in [-0.3, -0.25) is 4.79 Å². The van der Waals surface area contributed by atoms with E-state index < -0.39 is 0 Å². The number of nitrogens with zero attached hydrogens (tertiary/aromatic N) is 2. The van der Waals surface area contributed by atoms with Gasteiger partial charge in [-0.15, -0.1) is 0 Å². The number of furan rings is 1. The first-order valence-electron chi connectivity index (χ1n) is 12.0. The van der Waals surface area contributed by atoms with Gasteiger partial charge in [0.15, 0.2) is 5.76 Å². The van der Waals surface area contributed by atoms with Gasteiger partial charge in [-0.05, 0) is 48.4 Å². The summed E-state index contributed by atoms with van der Waals surface area (Å²) in [4.78, 5) is 12.8. The Hall–Kier alpha value is -4.58. The Morgan fingerprint density at radius 1 is 0.917 bits per heavy atom. The minimum atomic E-state index is -0.292. The number of rotatable bonds is 9. The molecule has 0 bridgehead atoms. The van der Waals surface area contributed by atoms with Crippen molar-refractivity contribution in [3.63, 3.8) is 0 Å². The number of aryl methyl sites for hydroxylation is 1. The van der Waals surface area contributed by atoms with E-state index in [9.17, 15) is 4.79 Å². The van der Waals surface area contributed by atoms with Gasteiger partial charge in [0.1, 0.15) is 18.1 Å². The summed E-state index contributed by atoms with van der Waals surface area (Å²) in [6.07, 6.45) is 2.93. The average Bonchev–Trinajstić information content (AvgIpc) is 3.60. The van der Waals surface area contributed by atoms with Crippen LogP contribution in [0.3, 0.4) is 0 Å². The SMILES string of the molecule is CCc1ccc(OCc2ccc(C(=O)NCc3cn(-c4ccccc4)nc3-c3ccccc3)o2)cc1. The lowest BCUT2D eigenvalue weighted by Crippen LogP contribution is -2.22. The van der Waals surface area contributed by atoms with Crippen LogP contribution in [0, 0.1) is 0 Å². The van der Waals surface area contributed by atoms with Crippen molar-refractivity contribution in [2.75, 3.05) is 0 Å². The molecule has 0 saturated heterocycles. The maximum Gasteiger partial charge on any atom is 0.287 e. The smallest absolute Gasteiger partial charge is 0.287 e. The van der Waals surface area contributed by atoms with Crippen molar-refractivity contribution in [1.29, 1.82) is 0 Å². The molecule has 2 aromatic heterocycles. The summed E-state index contributed by atoms with van der Waals surface area (Å²) in [6, 6.07) is 31.2. The first-order chi connectivity index (χ1) is 17.7. The summed E-state index contributed by atoms with van der Waals surface area (Å²) < 4.78 is 13.4. The number of hydrogen-bond donors (Lipinski definition) is 1. The quantitative estimate of drug-likeness (QED) is 0.274. The zero-order chi connectivity index (χ0) is 24.7. The maximum atomic E-state index is 12.8. The Labute approximate surface area is 210 Å². The van der Waals surface area contributed by atoms with E-state index in [-0.39, 0.29) is 18.3 Å². The summed E-state index contributed by atoms with van der Waals surface area (Å²) in [5.41, 5.74) is 4.92. The van der Waals surface area contributed by atoms with E-state index in [2.05, 4.69) is 12.2 Å². The second-order valence-corrected chi connectivity index (χ2v) is 8.38. The highest BCUT2D eigenvalue weighted by Crippen LogP contribution is 2.24. The topological polar surface area (TPSA) is 69.3 Å². The standard InChI is InChI=1S/C30H27N3O3/c1-2-22-13-15-26(16-14-22)35-21-27-17-18-28(36-27)30(34)31-19-24-20-33(25-11-7-4-8-12-25)32-29(24)23-9-5-3-6-10-23/h3-18,20H,2,19,21H2,1H3,(H,31,34). The molecule has 5 aromatic rings. The van der Waals surface area contributed by atoms with Gasteiger partial charge in [-0.2, -0.15) is 5.10 Å². The van der Waals surface area contributed by atoms with Crippen molar-refractivity contribution in [3.8, 4) is 22.7 Å². The van der Waals surface area contributed by atoms with Crippen LogP contribution in [0.15, 0.2) is 108 Å². The lowest BCUT2D eigenvalue weighted by molar-refractivity contribution is 0.0919. The third-order valence-electron chi connectivity index (χ3n) is 5.90. The minimum absolute atomic E-state index is 0.242. The molecule has 36 heavy (non-hydrogen) atoms. The number of nitrogens with one attached hydrogen (secondary N) is 1. The van der Waals surface area contributed by atoms with Crippen molar-refractivity contribution in [1.82, 2.24) is 15.1 Å². The molecule has 0 aliphatic carbocycles. The molecule has 0 saturated carbocycles. The summed E-state index contributed by atoms with van der Waals surface area (Å²) in [7, 11) is 0. The van der Waals surface area contributed by atoms with E-state index in [4.69, 9.17) is 14.3 Å². The highest BCUT2D eigenvalue weighted by molar-refractivity contribution is 5.91. The van der Waals surface area contributed by atoms with E-state index in [1.807, 2.05) is 95.8 Å². The van der Waals surface area contributed by atoms with Crippen LogP contribution >= 0.6 is 0 Å². The molecule has 0 aliphatic heterocycles. The molecule has 1 amide bonds. The van der Waals surface area contributed by atoms with Crippen molar-refractivity contribution in [3.05, 3.63) is 126 Å². The normalized spacial score (nSPS) is 10.8. The minimum Gasteiger partial charge on any atom is -0.486 e. The van der Waals surface area contributed by atoms with Gasteiger partial charge >= 0.3 is 0 Å². The van der Waals surface area contributed by atoms with Crippen molar-refractivity contribution in [2.24, 2.45) is 0 Å². The molecule has 2 heterocycles. The number of para-hydroxylation sites is 1. The zero-order valence-electron chi connectivity index (χ0n) is 20.1. The van der Waals surface area contributed by atoms with Crippen LogP contribution in [-0.4, -0.2) is 15.7 Å². The Morgan fingerprint density at radius 3 is 2.36 bits per heavy atom. The average molecular weight is 478 g/mol. The zero-order valence-corrected chi connectivity index (χ0v) is 20.1. The predicted octanol–water partition coefficient (Wildman–Crippen LogP) is 6.20. The molecule has 0 radical (unpaired) electrons. The van der Waals surface area contributed by atoms with E-state index in [0.717, 1.165) is 34.7 Å². The lowest BCUT2D eigenvalue weighted by Gasteiger charge is -2.05. The number of amides is 1. The van der Waals surface area contributed by atoms with E-state index in [1.165, 1.54) is 5.56 Å². The number of aromatic nitrogens is 2. The Bertz CT molecular complexity index is 1420. The van der Waals surface area contributed by atoms with Crippen LogP contribution in [0.1, 0.15) is 34.4 Å². The van der Waals surface area contributed by atoms with Crippen molar-refractivity contribution in [2.45, 2.75) is 26.5 Å². The maximum absolute atomic E-state index is 12.8. The van der Waals surface area contributed by atoms with Crippen LogP contribution in [0.25, 0.3) is 16.9 Å². The van der Waals surface area contributed by atoms with E-state index in [0.29, 0.717) is 12.3 Å². The molecule has 0 spiro atoms. The summed E-state index contributed by atoms with van der Waals surface area (Å²) in [6.45, 7) is 2.68. The second kappa shape index (κ2) is 10.8. The molecule has 3 aromatic carbocycles. The number of ether oxygens (including phenoxy) is 1. The van der Waals surface area contributed by atoms with E-state index in [1.54, 1.807) is 12.1 Å². The highest BCUT2D eigenvalue weighted by Gasteiger charge is 2.16. The molecule has 6 heteroatoms. The van der Waals surface area contributed by atoms with Gasteiger partial charge in [0, 0.05) is 23.9 Å². The molecular weight excluding hydrogens is 450 g/mol. The fraction of sp³-hybridized carbons (Fsp3) is 0.133. The molecule has 0 aliphatic rings. The summed E-state index contributed by atoms with van der Waals surface area (Å²) in [5.74, 6) is 1.30. The number of carbonyl (C=O) groups is 1. The largest absolute Gasteiger partial charge is 0.486 e. The monoisotopic (exact) mass is 477 g/mol. The molecule has 0 atom stereocenters. The van der Waals surface area contributed by atoms with E-state index >= 15 is 0 Å². The molecule has 180 valence electrons. The van der Waals surface area contributed by atoms with Crippen LogP contribution in [0.4, 0.5) is 0 Å². The van der Waals surface area contributed by atoms with Gasteiger partial charge in [0.25, 0.3) is 5.91 Å². The fourth-order valence-corrected chi connectivity index (χ4v) is 3.91. The molecule has 5 rings (SSSR count). The van der Waals surface area contributed by atoms with Crippen molar-refractivity contribution >= 4 is 5.91 Å². The third kappa shape index (κ3) is 5.39. The summed E-state index contributed by atoms with van der Waals surface area (Å²) in [5, 5.41) is 7.76. The summed E-state index contributed by atoms with van der Waals surface area (Å²) >= 11 is 0. The first-order valence-corrected chi connectivity index (χ1v) is 12.0. The van der Waals surface area contributed by atoms with Crippen LogP contribution in [0.5, 0.6) is 5.75 Å². The fourth-order valence-electron chi connectivity index (χ4n) is 3.91. The molecule has 0 fully saturated rings. The highest BCUT2D eigenvalue weighted by atomic mass is 16.5. The molecule has 0 unspecified atom stereocenters. The second-order valence-electron chi connectivity index (χ2n) is 8.38. The Balaban J connectivity index is 1.26. The van der Waals surface area contributed by atoms with Gasteiger partial charge < -0.3 is 14.5 Å². The molecular formula is C30H27N3O3. The van der Waals surface area contributed by atoms with Gasteiger partial charge in [-0.1, -0.05) is 67.6 Å². The van der Waals surface area contributed by atoms with Crippen LogP contribution in [0.2, 0.25) is 0 Å². The molecule has 1 N–H and O–H groups in total. The van der Waals surface area contributed by atoms with Gasteiger partial charge in [0.05, 0.1) is 11.4 Å². The number of benzene rings is 3. The molecule has 6 nitrogen and oxygen atoms in total. The number of hydrogen-bond acceptors (Lipinski definition) is 4. The first kappa shape index (κ1) is 23.2. The Morgan fingerprint density at radius 2 is 1.64 bits per heavy atom. The Kier molecular flexibility index (Phi) is 6.94. The number of carbonyl (C=O) groups excluding carboxylic acids is 1. The van der Waals surface area contributed by atoms with Crippen LogP contribution < -0.4 is 10.1 Å². The van der Waals surface area contributed by atoms with Crippen LogP contribution in [-0.2, 0) is 19.6 Å². The lowest BCUT2D eigenvalue weighted by atomic mass is 10.1.